The first-order valence-corrected chi connectivity index (χ1v) is 16.3. The van der Waals surface area contributed by atoms with Crippen LogP contribution in [0, 0.1) is 0 Å². The summed E-state index contributed by atoms with van der Waals surface area (Å²) in [6, 6.07) is 54.2. The molecule has 0 fully saturated rings. The van der Waals surface area contributed by atoms with Crippen molar-refractivity contribution in [3.8, 4) is 44.8 Å². The molecule has 48 heavy (non-hydrogen) atoms. The van der Waals surface area contributed by atoms with E-state index in [0.29, 0.717) is 0 Å². The number of benzene rings is 7. The summed E-state index contributed by atoms with van der Waals surface area (Å²) in [5, 5.41) is 9.96. The first-order chi connectivity index (χ1) is 23.8. The molecule has 3 heterocycles. The summed E-state index contributed by atoms with van der Waals surface area (Å²) < 4.78 is 0. The monoisotopic (exact) mass is 609 g/mol. The summed E-state index contributed by atoms with van der Waals surface area (Å²) >= 11 is 0. The highest BCUT2D eigenvalue weighted by Gasteiger charge is 2.13. The van der Waals surface area contributed by atoms with E-state index in [1.807, 2.05) is 12.3 Å². The Morgan fingerprint density at radius 3 is 1.65 bits per heavy atom. The van der Waals surface area contributed by atoms with Crippen LogP contribution in [0.4, 0.5) is 0 Å². The second-order valence-corrected chi connectivity index (χ2v) is 12.5. The van der Waals surface area contributed by atoms with Gasteiger partial charge in [-0.05, 0) is 73.3 Å². The van der Waals surface area contributed by atoms with Crippen LogP contribution in [-0.4, -0.2) is 15.0 Å². The van der Waals surface area contributed by atoms with Crippen LogP contribution in [0.2, 0.25) is 0 Å². The maximum atomic E-state index is 5.21. The Balaban J connectivity index is 1.05. The van der Waals surface area contributed by atoms with E-state index in [2.05, 4.69) is 151 Å². The van der Waals surface area contributed by atoms with Crippen molar-refractivity contribution in [1.29, 1.82) is 0 Å². The van der Waals surface area contributed by atoms with Crippen molar-refractivity contribution < 1.29 is 0 Å². The summed E-state index contributed by atoms with van der Waals surface area (Å²) in [6.07, 6.45) is 3.69. The molecular weight excluding hydrogens is 583 g/mol. The largest absolute Gasteiger partial charge is 0.264 e. The molecule has 0 saturated carbocycles. The Bertz CT molecular complexity index is 2800. The predicted molar refractivity (Wildman–Crippen MR) is 200 cm³/mol. The smallest absolute Gasteiger partial charge is 0.0972 e. The van der Waals surface area contributed by atoms with Crippen molar-refractivity contribution in [3.05, 3.63) is 164 Å². The van der Waals surface area contributed by atoms with Gasteiger partial charge in [0.15, 0.2) is 0 Å². The molecule has 7 aromatic carbocycles. The Hall–Kier alpha value is -6.45. The van der Waals surface area contributed by atoms with Gasteiger partial charge in [-0.1, -0.05) is 127 Å². The van der Waals surface area contributed by atoms with E-state index in [9.17, 15) is 0 Å². The second-order valence-electron chi connectivity index (χ2n) is 12.5. The van der Waals surface area contributed by atoms with Gasteiger partial charge >= 0.3 is 0 Å². The van der Waals surface area contributed by atoms with Gasteiger partial charge < -0.3 is 0 Å². The summed E-state index contributed by atoms with van der Waals surface area (Å²) in [5.74, 6) is 0. The minimum atomic E-state index is 0.906. The first kappa shape index (κ1) is 26.7. The molecule has 0 spiro atoms. The molecule has 10 aromatic rings. The summed E-state index contributed by atoms with van der Waals surface area (Å²) in [4.78, 5) is 14.7. The van der Waals surface area contributed by atoms with Crippen LogP contribution < -0.4 is 0 Å². The predicted octanol–water partition coefficient (Wildman–Crippen LogP) is 11.7. The quantitative estimate of drug-likeness (QED) is 0.186. The SMILES string of the molecule is c1cncc(-c2cccc(-c3ccc4ccc5ccc(-c6ccc(-c7ccc8ccc9cccc%10ccc7c8c9%10)cc6)nc5c4n3)c2)c1. The maximum absolute atomic E-state index is 5.21. The van der Waals surface area contributed by atoms with Gasteiger partial charge in [0, 0.05) is 39.9 Å². The van der Waals surface area contributed by atoms with Gasteiger partial charge in [-0.3, -0.25) is 4.98 Å². The molecule has 0 aliphatic heterocycles. The fraction of sp³-hybridized carbons (Fsp3) is 0. The average molecular weight is 610 g/mol. The lowest BCUT2D eigenvalue weighted by molar-refractivity contribution is 1.33. The number of aromatic nitrogens is 3. The molecule has 0 bridgehead atoms. The number of nitrogens with zero attached hydrogens (tertiary/aromatic N) is 3. The number of hydrogen-bond acceptors (Lipinski definition) is 3. The number of fused-ring (bicyclic) bond motifs is 3. The normalized spacial score (nSPS) is 11.8. The van der Waals surface area contributed by atoms with E-state index in [1.54, 1.807) is 6.20 Å². The van der Waals surface area contributed by atoms with Gasteiger partial charge in [0.1, 0.15) is 0 Å². The summed E-state index contributed by atoms with van der Waals surface area (Å²) in [7, 11) is 0. The maximum Gasteiger partial charge on any atom is 0.0972 e. The van der Waals surface area contributed by atoms with E-state index in [0.717, 1.165) is 55.4 Å². The van der Waals surface area contributed by atoms with Gasteiger partial charge in [-0.2, -0.15) is 0 Å². The number of rotatable bonds is 4. The topological polar surface area (TPSA) is 38.7 Å². The molecule has 0 radical (unpaired) electrons. The zero-order valence-corrected chi connectivity index (χ0v) is 25.9. The molecule has 3 aromatic heterocycles. The van der Waals surface area contributed by atoms with Gasteiger partial charge in [0.25, 0.3) is 0 Å². The minimum absolute atomic E-state index is 0.906. The second kappa shape index (κ2) is 10.5. The van der Waals surface area contributed by atoms with Crippen LogP contribution in [0.15, 0.2) is 164 Å². The fourth-order valence-electron chi connectivity index (χ4n) is 7.29. The van der Waals surface area contributed by atoms with E-state index < -0.39 is 0 Å². The molecule has 10 rings (SSSR count). The lowest BCUT2D eigenvalue weighted by Crippen LogP contribution is -1.91. The molecule has 3 heteroatoms. The zero-order valence-electron chi connectivity index (χ0n) is 25.9. The van der Waals surface area contributed by atoms with Crippen LogP contribution in [0.1, 0.15) is 0 Å². The molecule has 0 aliphatic rings. The van der Waals surface area contributed by atoms with Crippen molar-refractivity contribution in [2.45, 2.75) is 0 Å². The first-order valence-electron chi connectivity index (χ1n) is 16.3. The Morgan fingerprint density at radius 1 is 0.354 bits per heavy atom. The Labute approximate surface area is 277 Å². The molecule has 0 amide bonds. The van der Waals surface area contributed by atoms with Gasteiger partial charge in [0.05, 0.1) is 22.4 Å². The third-order valence-electron chi connectivity index (χ3n) is 9.69. The van der Waals surface area contributed by atoms with Gasteiger partial charge in [0.2, 0.25) is 0 Å². The van der Waals surface area contributed by atoms with E-state index in [1.165, 1.54) is 43.4 Å². The number of pyridine rings is 3. The standard InChI is InChI=1S/C45H27N3/c1-4-30-13-14-32-17-21-38(39-22-18-31(5-1)42(30)43(32)39)28-9-11-29(12-10-28)40-23-19-33-15-16-34-20-24-41(48-45(34)44(33)47-40)36-7-2-6-35(26-36)37-8-3-25-46-27-37/h1-27H. The fourth-order valence-corrected chi connectivity index (χ4v) is 7.29. The van der Waals surface area contributed by atoms with E-state index >= 15 is 0 Å². The van der Waals surface area contributed by atoms with Crippen molar-refractivity contribution in [2.75, 3.05) is 0 Å². The zero-order chi connectivity index (χ0) is 31.6. The third kappa shape index (κ3) is 4.25. The molecule has 0 atom stereocenters. The Morgan fingerprint density at radius 2 is 0.917 bits per heavy atom. The molecule has 0 saturated heterocycles. The van der Waals surface area contributed by atoms with Gasteiger partial charge in [-0.15, -0.1) is 0 Å². The molecule has 0 aliphatic carbocycles. The number of hydrogen-bond donors (Lipinski definition) is 0. The summed E-state index contributed by atoms with van der Waals surface area (Å²) in [5.41, 5.74) is 10.5. The Kier molecular flexibility index (Phi) is 5.87. The minimum Gasteiger partial charge on any atom is -0.264 e. The van der Waals surface area contributed by atoms with E-state index in [-0.39, 0.29) is 0 Å². The van der Waals surface area contributed by atoms with Gasteiger partial charge in [-0.25, -0.2) is 9.97 Å². The van der Waals surface area contributed by atoms with Crippen LogP contribution in [0.3, 0.4) is 0 Å². The average Bonchev–Trinajstić information content (AvgIpc) is 3.17. The molecule has 0 N–H and O–H groups in total. The van der Waals surface area contributed by atoms with Crippen LogP contribution >= 0.6 is 0 Å². The van der Waals surface area contributed by atoms with Crippen LogP contribution in [0.25, 0.3) is 98.9 Å². The van der Waals surface area contributed by atoms with Crippen molar-refractivity contribution in [2.24, 2.45) is 0 Å². The highest BCUT2D eigenvalue weighted by atomic mass is 14.8. The molecule has 0 unspecified atom stereocenters. The molecule has 222 valence electrons. The van der Waals surface area contributed by atoms with Crippen LogP contribution in [-0.2, 0) is 0 Å². The molecule has 3 nitrogen and oxygen atoms in total. The highest BCUT2D eigenvalue weighted by Crippen LogP contribution is 2.40. The van der Waals surface area contributed by atoms with Crippen molar-refractivity contribution in [3.63, 3.8) is 0 Å². The molecular formula is C45H27N3. The van der Waals surface area contributed by atoms with Crippen molar-refractivity contribution in [1.82, 2.24) is 15.0 Å². The van der Waals surface area contributed by atoms with Crippen molar-refractivity contribution >= 4 is 54.1 Å². The van der Waals surface area contributed by atoms with E-state index in [4.69, 9.17) is 9.97 Å². The lowest BCUT2D eigenvalue weighted by Gasteiger charge is -2.14. The highest BCUT2D eigenvalue weighted by molar-refractivity contribution is 6.25. The van der Waals surface area contributed by atoms with Crippen LogP contribution in [0.5, 0.6) is 0 Å². The summed E-state index contributed by atoms with van der Waals surface area (Å²) in [6.45, 7) is 0. The third-order valence-corrected chi connectivity index (χ3v) is 9.69. The lowest BCUT2D eigenvalue weighted by atomic mass is 9.89.